The highest BCUT2D eigenvalue weighted by atomic mass is 19.1. The van der Waals surface area contributed by atoms with Crippen LogP contribution in [0.5, 0.6) is 0 Å². The van der Waals surface area contributed by atoms with Crippen LogP contribution in [0, 0.1) is 12.7 Å². The average Bonchev–Trinajstić information content (AvgIpc) is 3.13. The van der Waals surface area contributed by atoms with Crippen LogP contribution >= 0.6 is 0 Å². The van der Waals surface area contributed by atoms with Crippen molar-refractivity contribution in [3.63, 3.8) is 0 Å². The van der Waals surface area contributed by atoms with E-state index in [0.29, 0.717) is 17.2 Å². The van der Waals surface area contributed by atoms with Crippen molar-refractivity contribution in [3.8, 4) is 17.2 Å². The fourth-order valence-electron chi connectivity index (χ4n) is 3.40. The van der Waals surface area contributed by atoms with Gasteiger partial charge in [0.1, 0.15) is 11.6 Å². The first kappa shape index (κ1) is 23.0. The highest BCUT2D eigenvalue weighted by molar-refractivity contribution is 5.87. The number of hydrogen-bond donors (Lipinski definition) is 1. The fraction of sp³-hybridized carbons (Fsp3) is 0.192. The maximum absolute atomic E-state index is 14.3. The number of hydrogen-bond acceptors (Lipinski definition) is 4. The van der Waals surface area contributed by atoms with Gasteiger partial charge >= 0.3 is 0 Å². The van der Waals surface area contributed by atoms with Gasteiger partial charge in [-0.1, -0.05) is 30.8 Å². The Balaban J connectivity index is 0.000000360. The summed E-state index contributed by atoms with van der Waals surface area (Å²) in [5, 5.41) is 0.904. The van der Waals surface area contributed by atoms with Crippen molar-refractivity contribution in [2.24, 2.45) is 10.7 Å². The Kier molecular flexibility index (Phi) is 7.28. The Labute approximate surface area is 188 Å². The van der Waals surface area contributed by atoms with Crippen LogP contribution in [-0.4, -0.2) is 26.4 Å². The number of aromatic nitrogens is 3. The lowest BCUT2D eigenvalue weighted by molar-refractivity contribution is 0.630. The molecule has 32 heavy (non-hydrogen) atoms. The number of rotatable bonds is 4. The second-order valence-corrected chi connectivity index (χ2v) is 7.64. The zero-order valence-corrected chi connectivity index (χ0v) is 18.9. The summed E-state index contributed by atoms with van der Waals surface area (Å²) < 4.78 is 16.2. The monoisotopic (exact) mass is 429 g/mol. The largest absolute Gasteiger partial charge is 0.310 e. The van der Waals surface area contributed by atoms with E-state index in [1.54, 1.807) is 24.3 Å². The topological polar surface area (TPSA) is 69.1 Å². The van der Waals surface area contributed by atoms with Gasteiger partial charge in [-0.15, -0.1) is 0 Å². The van der Waals surface area contributed by atoms with Crippen molar-refractivity contribution >= 4 is 22.7 Å². The SMILES string of the molecule is C=Cc1c(C)ccn1-c1nc(-c2ccccc2F)nc2ccccc12.CC(C)=NC(C)N. The third-order valence-electron chi connectivity index (χ3n) is 4.72. The van der Waals surface area contributed by atoms with Crippen molar-refractivity contribution < 1.29 is 4.39 Å². The molecule has 2 heterocycles. The molecule has 1 atom stereocenters. The maximum Gasteiger partial charge on any atom is 0.165 e. The van der Waals surface area contributed by atoms with E-state index in [2.05, 4.69) is 21.5 Å². The van der Waals surface area contributed by atoms with E-state index in [-0.39, 0.29) is 12.0 Å². The van der Waals surface area contributed by atoms with Crippen LogP contribution < -0.4 is 5.73 Å². The minimum absolute atomic E-state index is 0.0370. The third-order valence-corrected chi connectivity index (χ3v) is 4.72. The van der Waals surface area contributed by atoms with Gasteiger partial charge in [-0.05, 0) is 69.7 Å². The maximum atomic E-state index is 14.3. The lowest BCUT2D eigenvalue weighted by Gasteiger charge is -2.12. The van der Waals surface area contributed by atoms with Gasteiger partial charge < -0.3 is 10.3 Å². The van der Waals surface area contributed by atoms with Gasteiger partial charge in [0.2, 0.25) is 0 Å². The van der Waals surface area contributed by atoms with E-state index in [0.717, 1.165) is 27.9 Å². The molecular formula is C26H28FN5. The second-order valence-electron chi connectivity index (χ2n) is 7.64. The molecule has 6 heteroatoms. The van der Waals surface area contributed by atoms with Gasteiger partial charge in [-0.2, -0.15) is 0 Å². The molecule has 0 aliphatic rings. The first-order valence-corrected chi connectivity index (χ1v) is 10.4. The van der Waals surface area contributed by atoms with E-state index in [1.807, 2.05) is 68.8 Å². The number of nitrogens with two attached hydrogens (primary N) is 1. The smallest absolute Gasteiger partial charge is 0.165 e. The molecule has 0 aliphatic heterocycles. The molecule has 0 fully saturated rings. The number of fused-ring (bicyclic) bond motifs is 1. The molecule has 0 aliphatic carbocycles. The number of aryl methyl sites for hydroxylation is 1. The van der Waals surface area contributed by atoms with Gasteiger partial charge in [-0.25, -0.2) is 14.4 Å². The quantitative estimate of drug-likeness (QED) is 0.408. The molecule has 2 aromatic carbocycles. The minimum atomic E-state index is -0.337. The van der Waals surface area contributed by atoms with Crippen molar-refractivity contribution in [1.29, 1.82) is 0 Å². The zero-order chi connectivity index (χ0) is 23.3. The number of para-hydroxylation sites is 1. The summed E-state index contributed by atoms with van der Waals surface area (Å²) in [6.45, 7) is 11.6. The summed E-state index contributed by atoms with van der Waals surface area (Å²) in [6, 6.07) is 16.3. The normalized spacial score (nSPS) is 11.4. The van der Waals surface area contributed by atoms with Gasteiger partial charge in [0.15, 0.2) is 5.82 Å². The first-order chi connectivity index (χ1) is 15.3. The summed E-state index contributed by atoms with van der Waals surface area (Å²) in [4.78, 5) is 13.2. The molecule has 164 valence electrons. The van der Waals surface area contributed by atoms with Crippen LogP contribution in [0.4, 0.5) is 4.39 Å². The standard InChI is InChI=1S/C21H16FN3.C5H12N2/c1-3-19-14(2)12-13-25(19)21-16-9-5-7-11-18(16)23-20(24-21)15-8-4-6-10-17(15)22;1-4(2)7-5(3)6/h3-13H,1H2,2H3;5H,6H2,1-3H3. The first-order valence-electron chi connectivity index (χ1n) is 10.4. The Bertz CT molecular complexity index is 1270. The fourth-order valence-corrected chi connectivity index (χ4v) is 3.40. The molecule has 1 unspecified atom stereocenters. The van der Waals surface area contributed by atoms with Crippen molar-refractivity contribution in [3.05, 3.63) is 84.4 Å². The molecule has 0 saturated carbocycles. The lowest BCUT2D eigenvalue weighted by atomic mass is 10.1. The van der Waals surface area contributed by atoms with Gasteiger partial charge in [0.25, 0.3) is 0 Å². The van der Waals surface area contributed by atoms with Crippen molar-refractivity contribution in [1.82, 2.24) is 14.5 Å². The van der Waals surface area contributed by atoms with Gasteiger partial charge in [-0.3, -0.25) is 4.99 Å². The lowest BCUT2D eigenvalue weighted by Crippen LogP contribution is -2.12. The Morgan fingerprint density at radius 1 is 1.09 bits per heavy atom. The van der Waals surface area contributed by atoms with Crippen LogP contribution in [0.25, 0.3) is 34.2 Å². The molecule has 0 bridgehead atoms. The Morgan fingerprint density at radius 2 is 1.78 bits per heavy atom. The highest BCUT2D eigenvalue weighted by Gasteiger charge is 2.15. The minimum Gasteiger partial charge on any atom is -0.310 e. The van der Waals surface area contributed by atoms with Gasteiger partial charge in [0.05, 0.1) is 17.2 Å². The second kappa shape index (κ2) is 10.1. The molecule has 0 spiro atoms. The van der Waals surface area contributed by atoms with Crippen molar-refractivity contribution in [2.75, 3.05) is 0 Å². The van der Waals surface area contributed by atoms with E-state index in [1.165, 1.54) is 6.07 Å². The van der Waals surface area contributed by atoms with Crippen LogP contribution in [0.15, 0.2) is 72.4 Å². The third kappa shape index (κ3) is 5.15. The van der Waals surface area contributed by atoms with Gasteiger partial charge in [0, 0.05) is 23.0 Å². The molecule has 5 nitrogen and oxygen atoms in total. The summed E-state index contributed by atoms with van der Waals surface area (Å²) in [5.74, 6) is 0.747. The number of aliphatic imine (C=N–C) groups is 1. The number of benzene rings is 2. The molecule has 4 aromatic rings. The van der Waals surface area contributed by atoms with Crippen LogP contribution in [0.2, 0.25) is 0 Å². The molecule has 2 N–H and O–H groups in total. The summed E-state index contributed by atoms with van der Waals surface area (Å²) in [6.07, 6.45) is 3.71. The van der Waals surface area contributed by atoms with Crippen LogP contribution in [0.1, 0.15) is 32.0 Å². The highest BCUT2D eigenvalue weighted by Crippen LogP contribution is 2.27. The Morgan fingerprint density at radius 3 is 2.41 bits per heavy atom. The number of nitrogens with zero attached hydrogens (tertiary/aromatic N) is 4. The summed E-state index contributed by atoms with van der Waals surface area (Å²) in [5.41, 5.74) is 9.56. The van der Waals surface area contributed by atoms with E-state index < -0.39 is 0 Å². The van der Waals surface area contributed by atoms with E-state index in [9.17, 15) is 4.39 Å². The predicted molar refractivity (Wildman–Crippen MR) is 132 cm³/mol. The van der Waals surface area contributed by atoms with E-state index in [4.69, 9.17) is 5.73 Å². The number of halogens is 1. The summed E-state index contributed by atoms with van der Waals surface area (Å²) >= 11 is 0. The molecule has 4 rings (SSSR count). The summed E-state index contributed by atoms with van der Waals surface area (Å²) in [7, 11) is 0. The molecule has 0 saturated heterocycles. The molecule has 0 radical (unpaired) electrons. The van der Waals surface area contributed by atoms with E-state index >= 15 is 0 Å². The Hall–Kier alpha value is -3.64. The van der Waals surface area contributed by atoms with Crippen LogP contribution in [0.3, 0.4) is 0 Å². The molecular weight excluding hydrogens is 401 g/mol. The zero-order valence-electron chi connectivity index (χ0n) is 18.9. The average molecular weight is 430 g/mol. The predicted octanol–water partition coefficient (Wildman–Crippen LogP) is 5.95. The molecule has 2 aromatic heterocycles. The van der Waals surface area contributed by atoms with Crippen LogP contribution in [-0.2, 0) is 0 Å². The van der Waals surface area contributed by atoms with Crippen molar-refractivity contribution in [2.45, 2.75) is 33.9 Å². The molecule has 0 amide bonds.